The minimum absolute atomic E-state index is 0.0134. The van der Waals surface area contributed by atoms with Gasteiger partial charge in [-0.05, 0) is 24.3 Å². The van der Waals surface area contributed by atoms with Crippen molar-refractivity contribution in [2.24, 2.45) is 5.41 Å². The van der Waals surface area contributed by atoms with Crippen LogP contribution in [0.25, 0.3) is 0 Å². The zero-order valence-electron chi connectivity index (χ0n) is 11.0. The fourth-order valence-electron chi connectivity index (χ4n) is 2.80. The third kappa shape index (κ3) is 3.66. The third-order valence-electron chi connectivity index (χ3n) is 3.67. The Bertz CT molecular complexity index is 540. The maximum Gasteiger partial charge on any atom is 0.303 e. The van der Waals surface area contributed by atoms with E-state index in [1.165, 1.54) is 12.1 Å². The number of carboxylic acid groups (broad SMARTS) is 1. The van der Waals surface area contributed by atoms with E-state index in [0.29, 0.717) is 0 Å². The first-order valence-electron chi connectivity index (χ1n) is 6.57. The van der Waals surface area contributed by atoms with E-state index in [4.69, 9.17) is 5.11 Å². The molecule has 0 bridgehead atoms. The normalized spacial score (nSPS) is 16.8. The van der Waals surface area contributed by atoms with Crippen LogP contribution < -0.4 is 10.9 Å². The van der Waals surface area contributed by atoms with Gasteiger partial charge in [-0.3, -0.25) is 14.4 Å². The molecule has 1 aliphatic rings. The number of aliphatic carboxylic acids is 1. The van der Waals surface area contributed by atoms with Crippen LogP contribution in [0.4, 0.5) is 5.82 Å². The van der Waals surface area contributed by atoms with Crippen LogP contribution in [-0.4, -0.2) is 27.2 Å². The summed E-state index contributed by atoms with van der Waals surface area (Å²) in [5.74, 6) is -0.882. The number of H-pyrrole nitrogens is 1. The molecule has 108 valence electrons. The Balaban J connectivity index is 2.00. The molecule has 1 heterocycles. The van der Waals surface area contributed by atoms with E-state index in [1.807, 2.05) is 0 Å². The fourth-order valence-corrected chi connectivity index (χ4v) is 2.80. The number of nitrogens with one attached hydrogen (secondary N) is 2. The first kappa shape index (κ1) is 14.2. The summed E-state index contributed by atoms with van der Waals surface area (Å²) in [4.78, 5) is 33.8. The van der Waals surface area contributed by atoms with E-state index in [2.05, 4.69) is 15.5 Å². The quantitative estimate of drug-likeness (QED) is 0.748. The zero-order valence-corrected chi connectivity index (χ0v) is 11.0. The summed E-state index contributed by atoms with van der Waals surface area (Å²) in [6.07, 6.45) is 3.60. The molecule has 1 amide bonds. The lowest BCUT2D eigenvalue weighted by molar-refractivity contribution is -0.140. The summed E-state index contributed by atoms with van der Waals surface area (Å²) in [5.41, 5.74) is -0.792. The Morgan fingerprint density at radius 1 is 1.30 bits per heavy atom. The van der Waals surface area contributed by atoms with Crippen molar-refractivity contribution in [3.63, 3.8) is 0 Å². The molecule has 1 aromatic rings. The number of amides is 1. The smallest absolute Gasteiger partial charge is 0.303 e. The van der Waals surface area contributed by atoms with Gasteiger partial charge < -0.3 is 10.4 Å². The van der Waals surface area contributed by atoms with Crippen molar-refractivity contribution >= 4 is 17.7 Å². The van der Waals surface area contributed by atoms with Crippen LogP contribution in [0.1, 0.15) is 38.5 Å². The van der Waals surface area contributed by atoms with Gasteiger partial charge >= 0.3 is 5.97 Å². The molecule has 0 atom stereocenters. The summed E-state index contributed by atoms with van der Waals surface area (Å²) in [5, 5.41) is 17.5. The largest absolute Gasteiger partial charge is 0.481 e. The average molecular weight is 279 g/mol. The molecule has 0 unspecified atom stereocenters. The number of aromatic nitrogens is 2. The lowest BCUT2D eigenvalue weighted by Gasteiger charge is -2.26. The van der Waals surface area contributed by atoms with Gasteiger partial charge in [0.1, 0.15) is 0 Å². The monoisotopic (exact) mass is 279 g/mol. The predicted octanol–water partition coefficient (Wildman–Crippen LogP) is 1.13. The molecule has 0 spiro atoms. The first-order chi connectivity index (χ1) is 9.49. The molecule has 1 saturated carbocycles. The number of rotatable bonds is 5. The summed E-state index contributed by atoms with van der Waals surface area (Å²) in [6, 6.07) is 2.68. The molecular weight excluding hydrogens is 262 g/mol. The summed E-state index contributed by atoms with van der Waals surface area (Å²) < 4.78 is 0. The van der Waals surface area contributed by atoms with Gasteiger partial charge in [-0.15, -0.1) is 0 Å². The highest BCUT2D eigenvalue weighted by molar-refractivity contribution is 5.90. The van der Waals surface area contributed by atoms with Gasteiger partial charge in [0.25, 0.3) is 5.56 Å². The number of aromatic amines is 1. The van der Waals surface area contributed by atoms with Crippen molar-refractivity contribution in [1.82, 2.24) is 10.2 Å². The topological polar surface area (TPSA) is 112 Å². The maximum atomic E-state index is 12.0. The van der Waals surface area contributed by atoms with Gasteiger partial charge in [0, 0.05) is 12.5 Å². The van der Waals surface area contributed by atoms with Crippen molar-refractivity contribution in [1.29, 1.82) is 0 Å². The minimum atomic E-state index is -0.873. The van der Waals surface area contributed by atoms with E-state index >= 15 is 0 Å². The van der Waals surface area contributed by atoms with Crippen LogP contribution in [0.2, 0.25) is 0 Å². The summed E-state index contributed by atoms with van der Waals surface area (Å²) in [6.45, 7) is 0. The van der Waals surface area contributed by atoms with Crippen molar-refractivity contribution in [3.8, 4) is 0 Å². The van der Waals surface area contributed by atoms with Crippen molar-refractivity contribution in [2.75, 3.05) is 5.32 Å². The van der Waals surface area contributed by atoms with Gasteiger partial charge in [-0.1, -0.05) is 12.8 Å². The van der Waals surface area contributed by atoms with Gasteiger partial charge in [0.15, 0.2) is 5.82 Å². The lowest BCUT2D eigenvalue weighted by atomic mass is 9.79. The number of anilines is 1. The molecule has 0 aliphatic heterocycles. The number of hydrogen-bond acceptors (Lipinski definition) is 4. The van der Waals surface area contributed by atoms with E-state index in [0.717, 1.165) is 25.7 Å². The van der Waals surface area contributed by atoms with Crippen molar-refractivity contribution < 1.29 is 14.7 Å². The molecule has 1 fully saturated rings. The van der Waals surface area contributed by atoms with E-state index in [1.54, 1.807) is 0 Å². The standard InChI is InChI=1S/C13H17N3O4/c17-10-4-3-9(15-16-10)14-11(18)7-13(8-12(19)20)5-1-2-6-13/h3-4H,1-2,5-8H2,(H,16,17)(H,19,20)(H,14,15,18). The van der Waals surface area contributed by atoms with E-state index < -0.39 is 11.4 Å². The predicted molar refractivity (Wildman–Crippen MR) is 71.3 cm³/mol. The highest BCUT2D eigenvalue weighted by Crippen LogP contribution is 2.44. The number of carbonyl (C=O) groups excluding carboxylic acids is 1. The molecular formula is C13H17N3O4. The SMILES string of the molecule is O=C(O)CC1(CC(=O)Nc2ccc(=O)[nH]n2)CCCC1. The molecule has 1 aliphatic carbocycles. The number of carbonyl (C=O) groups is 2. The second kappa shape index (κ2) is 5.85. The Labute approximate surface area is 115 Å². The van der Waals surface area contributed by atoms with Crippen LogP contribution in [0.3, 0.4) is 0 Å². The van der Waals surface area contributed by atoms with Crippen molar-refractivity contribution in [3.05, 3.63) is 22.5 Å². The van der Waals surface area contributed by atoms with Crippen LogP contribution in [0, 0.1) is 5.41 Å². The van der Waals surface area contributed by atoms with Crippen LogP contribution in [0.5, 0.6) is 0 Å². The number of hydrogen-bond donors (Lipinski definition) is 3. The highest BCUT2D eigenvalue weighted by Gasteiger charge is 2.38. The Morgan fingerprint density at radius 2 is 2.00 bits per heavy atom. The lowest BCUT2D eigenvalue weighted by Crippen LogP contribution is -2.28. The third-order valence-corrected chi connectivity index (χ3v) is 3.67. The molecule has 0 aromatic carbocycles. The second-order valence-corrected chi connectivity index (χ2v) is 5.31. The molecule has 7 nitrogen and oxygen atoms in total. The van der Waals surface area contributed by atoms with Gasteiger partial charge in [-0.2, -0.15) is 5.10 Å². The van der Waals surface area contributed by atoms with Crippen LogP contribution in [0.15, 0.2) is 16.9 Å². The summed E-state index contributed by atoms with van der Waals surface area (Å²) >= 11 is 0. The van der Waals surface area contributed by atoms with Crippen LogP contribution >= 0.6 is 0 Å². The minimum Gasteiger partial charge on any atom is -0.481 e. The Hall–Kier alpha value is -2.18. The average Bonchev–Trinajstić information content (AvgIpc) is 2.79. The van der Waals surface area contributed by atoms with Crippen LogP contribution in [-0.2, 0) is 9.59 Å². The molecule has 20 heavy (non-hydrogen) atoms. The molecule has 1 aromatic heterocycles. The van der Waals surface area contributed by atoms with Gasteiger partial charge in [0.2, 0.25) is 5.91 Å². The molecule has 0 saturated heterocycles. The molecule has 2 rings (SSSR count). The van der Waals surface area contributed by atoms with Gasteiger partial charge in [-0.25, -0.2) is 5.10 Å². The second-order valence-electron chi connectivity index (χ2n) is 5.31. The Morgan fingerprint density at radius 3 is 2.55 bits per heavy atom. The molecule has 3 N–H and O–H groups in total. The number of nitrogens with zero attached hydrogens (tertiary/aromatic N) is 1. The van der Waals surface area contributed by atoms with Crippen molar-refractivity contribution in [2.45, 2.75) is 38.5 Å². The molecule has 0 radical (unpaired) electrons. The Kier molecular flexibility index (Phi) is 4.16. The number of carboxylic acids is 1. The maximum absolute atomic E-state index is 12.0. The van der Waals surface area contributed by atoms with E-state index in [-0.39, 0.29) is 30.1 Å². The first-order valence-corrected chi connectivity index (χ1v) is 6.57. The van der Waals surface area contributed by atoms with Gasteiger partial charge in [0.05, 0.1) is 6.42 Å². The molecule has 7 heteroatoms. The fraction of sp³-hybridized carbons (Fsp3) is 0.538. The van der Waals surface area contributed by atoms with E-state index in [9.17, 15) is 14.4 Å². The zero-order chi connectivity index (χ0) is 14.6. The summed E-state index contributed by atoms with van der Waals surface area (Å²) in [7, 11) is 0. The highest BCUT2D eigenvalue weighted by atomic mass is 16.4.